The Balaban J connectivity index is 1.32. The maximum atomic E-state index is 12.3. The number of rotatable bonds is 5. The van der Waals surface area contributed by atoms with E-state index < -0.39 is 5.91 Å². The summed E-state index contributed by atoms with van der Waals surface area (Å²) in [5, 5.41) is 0. The molecule has 1 heterocycles. The van der Waals surface area contributed by atoms with Gasteiger partial charge in [0.1, 0.15) is 5.75 Å². The first-order chi connectivity index (χ1) is 14.2. The highest BCUT2D eigenvalue weighted by atomic mass is 32.1. The molecule has 0 fully saturated rings. The molecule has 3 aromatic rings. The van der Waals surface area contributed by atoms with Gasteiger partial charge in [-0.25, -0.2) is 0 Å². The lowest BCUT2D eigenvalue weighted by Crippen LogP contribution is -2.43. The summed E-state index contributed by atoms with van der Waals surface area (Å²) in [6.07, 6.45) is 4.41. The van der Waals surface area contributed by atoms with Gasteiger partial charge < -0.3 is 4.74 Å². The quantitative estimate of drug-likeness (QED) is 0.626. The average Bonchev–Trinajstić information content (AvgIpc) is 3.21. The van der Waals surface area contributed by atoms with Crippen LogP contribution in [-0.2, 0) is 17.6 Å². The monoisotopic (exact) mass is 406 g/mol. The maximum Gasteiger partial charge on any atom is 0.279 e. The topological polar surface area (TPSA) is 67.4 Å². The van der Waals surface area contributed by atoms with Crippen molar-refractivity contribution in [1.29, 1.82) is 0 Å². The molecular formula is C23H22N2O3S. The van der Waals surface area contributed by atoms with Crippen LogP contribution < -0.4 is 15.6 Å². The van der Waals surface area contributed by atoms with Gasteiger partial charge in [0, 0.05) is 10.4 Å². The number of amides is 2. The van der Waals surface area contributed by atoms with Gasteiger partial charge >= 0.3 is 0 Å². The number of carbonyl (C=O) groups excluding carboxylic acids is 2. The first-order valence-corrected chi connectivity index (χ1v) is 10.5. The Morgan fingerprint density at radius 2 is 1.69 bits per heavy atom. The molecule has 1 aromatic heterocycles. The van der Waals surface area contributed by atoms with Crippen molar-refractivity contribution in [3.05, 3.63) is 76.0 Å². The van der Waals surface area contributed by atoms with Crippen LogP contribution in [0.5, 0.6) is 5.75 Å². The largest absolute Gasteiger partial charge is 0.483 e. The van der Waals surface area contributed by atoms with Gasteiger partial charge in [0.25, 0.3) is 11.8 Å². The van der Waals surface area contributed by atoms with E-state index in [9.17, 15) is 9.59 Å². The number of nitrogens with one attached hydrogen (secondary N) is 2. The molecule has 0 spiro atoms. The number of para-hydroxylation sites is 1. The van der Waals surface area contributed by atoms with Crippen molar-refractivity contribution in [3.63, 3.8) is 0 Å². The summed E-state index contributed by atoms with van der Waals surface area (Å²) in [5.41, 5.74) is 8.10. The molecule has 4 rings (SSSR count). The van der Waals surface area contributed by atoms with E-state index in [0.717, 1.165) is 24.0 Å². The van der Waals surface area contributed by atoms with E-state index in [1.54, 1.807) is 0 Å². The fourth-order valence-corrected chi connectivity index (χ4v) is 4.57. The van der Waals surface area contributed by atoms with E-state index in [1.807, 2.05) is 60.7 Å². The van der Waals surface area contributed by atoms with Gasteiger partial charge in [-0.2, -0.15) is 0 Å². The third-order valence-electron chi connectivity index (χ3n) is 4.87. The van der Waals surface area contributed by atoms with Crippen LogP contribution in [-0.4, -0.2) is 18.4 Å². The first kappa shape index (κ1) is 19.2. The van der Waals surface area contributed by atoms with Crippen molar-refractivity contribution in [2.75, 3.05) is 6.61 Å². The number of ether oxygens (including phenoxy) is 1. The fraction of sp³-hybridized carbons (Fsp3) is 0.217. The highest BCUT2D eigenvalue weighted by Gasteiger charge is 2.17. The standard InChI is InChI=1S/C23H22N2O3S/c26-22(24-25-23(27)21-14-17-10-4-7-13-20(17)29-21)15-28-19-12-6-5-11-18(19)16-8-2-1-3-9-16/h1-3,5-6,8-9,11-12,14H,4,7,10,13,15H2,(H,24,26)(H,25,27). The number of benzene rings is 2. The second-order valence-electron chi connectivity index (χ2n) is 6.92. The Morgan fingerprint density at radius 3 is 2.52 bits per heavy atom. The Kier molecular flexibility index (Phi) is 5.91. The third kappa shape index (κ3) is 4.66. The van der Waals surface area contributed by atoms with Crippen molar-refractivity contribution < 1.29 is 14.3 Å². The number of thiophene rings is 1. The number of fused-ring (bicyclic) bond motifs is 1. The van der Waals surface area contributed by atoms with E-state index >= 15 is 0 Å². The molecule has 0 bridgehead atoms. The van der Waals surface area contributed by atoms with Crippen LogP contribution in [0.2, 0.25) is 0 Å². The van der Waals surface area contributed by atoms with E-state index in [1.165, 1.54) is 34.6 Å². The number of hydrogen-bond donors (Lipinski definition) is 2. The zero-order valence-corrected chi connectivity index (χ0v) is 16.8. The van der Waals surface area contributed by atoms with Crippen LogP contribution in [0.3, 0.4) is 0 Å². The van der Waals surface area contributed by atoms with Crippen molar-refractivity contribution in [3.8, 4) is 16.9 Å². The molecule has 0 radical (unpaired) electrons. The Bertz CT molecular complexity index is 990. The molecule has 29 heavy (non-hydrogen) atoms. The minimum absolute atomic E-state index is 0.189. The van der Waals surface area contributed by atoms with Crippen molar-refractivity contribution in [1.82, 2.24) is 10.9 Å². The second-order valence-corrected chi connectivity index (χ2v) is 8.06. The summed E-state index contributed by atoms with van der Waals surface area (Å²) >= 11 is 1.51. The van der Waals surface area contributed by atoms with Gasteiger partial charge in [-0.3, -0.25) is 20.4 Å². The summed E-state index contributed by atoms with van der Waals surface area (Å²) in [6.45, 7) is -0.189. The molecule has 2 aromatic carbocycles. The van der Waals surface area contributed by atoms with Crippen molar-refractivity contribution >= 4 is 23.2 Å². The fourth-order valence-electron chi connectivity index (χ4n) is 3.42. The molecule has 2 amide bonds. The third-order valence-corrected chi connectivity index (χ3v) is 6.10. The lowest BCUT2D eigenvalue weighted by atomic mass is 9.99. The van der Waals surface area contributed by atoms with Gasteiger partial charge in [0.05, 0.1) is 4.88 Å². The molecular weight excluding hydrogens is 384 g/mol. The van der Waals surface area contributed by atoms with Crippen LogP contribution in [0.1, 0.15) is 33.0 Å². The van der Waals surface area contributed by atoms with Crippen LogP contribution >= 0.6 is 11.3 Å². The maximum absolute atomic E-state index is 12.3. The number of carbonyl (C=O) groups is 2. The molecule has 1 aliphatic carbocycles. The second kappa shape index (κ2) is 8.92. The van der Waals surface area contributed by atoms with Gasteiger partial charge in [0.15, 0.2) is 6.61 Å². The van der Waals surface area contributed by atoms with Crippen LogP contribution in [0.4, 0.5) is 0 Å². The zero-order chi connectivity index (χ0) is 20.1. The van der Waals surface area contributed by atoms with E-state index in [0.29, 0.717) is 10.6 Å². The van der Waals surface area contributed by atoms with Crippen LogP contribution in [0.15, 0.2) is 60.7 Å². The highest BCUT2D eigenvalue weighted by molar-refractivity contribution is 7.14. The first-order valence-electron chi connectivity index (χ1n) is 9.69. The molecule has 5 nitrogen and oxygen atoms in total. The molecule has 0 saturated heterocycles. The van der Waals surface area contributed by atoms with Crippen molar-refractivity contribution in [2.24, 2.45) is 0 Å². The van der Waals surface area contributed by atoms with E-state index in [-0.39, 0.29) is 12.5 Å². The van der Waals surface area contributed by atoms with Crippen LogP contribution in [0.25, 0.3) is 11.1 Å². The van der Waals surface area contributed by atoms with E-state index in [4.69, 9.17) is 4.74 Å². The van der Waals surface area contributed by atoms with E-state index in [2.05, 4.69) is 10.9 Å². The predicted molar refractivity (Wildman–Crippen MR) is 114 cm³/mol. The van der Waals surface area contributed by atoms with Gasteiger partial charge in [-0.15, -0.1) is 11.3 Å². The molecule has 0 saturated carbocycles. The highest BCUT2D eigenvalue weighted by Crippen LogP contribution is 2.30. The summed E-state index contributed by atoms with van der Waals surface area (Å²) in [6, 6.07) is 19.3. The lowest BCUT2D eigenvalue weighted by molar-refractivity contribution is -0.123. The summed E-state index contributed by atoms with van der Waals surface area (Å²) in [7, 11) is 0. The summed E-state index contributed by atoms with van der Waals surface area (Å²) in [4.78, 5) is 26.4. The molecule has 0 atom stereocenters. The Morgan fingerprint density at radius 1 is 0.931 bits per heavy atom. The predicted octanol–water partition coefficient (Wildman–Crippen LogP) is 4.13. The van der Waals surface area contributed by atoms with Gasteiger partial charge in [-0.1, -0.05) is 48.5 Å². The van der Waals surface area contributed by atoms with Crippen molar-refractivity contribution in [2.45, 2.75) is 25.7 Å². The lowest BCUT2D eigenvalue weighted by Gasteiger charge is -2.12. The summed E-state index contributed by atoms with van der Waals surface area (Å²) < 4.78 is 5.70. The minimum Gasteiger partial charge on any atom is -0.483 e. The van der Waals surface area contributed by atoms with Gasteiger partial charge in [0.2, 0.25) is 0 Å². The SMILES string of the molecule is O=C(COc1ccccc1-c1ccccc1)NNC(=O)c1cc2c(s1)CCCC2. The minimum atomic E-state index is -0.414. The number of aryl methyl sites for hydroxylation is 2. The zero-order valence-electron chi connectivity index (χ0n) is 15.9. The number of hydrogen-bond acceptors (Lipinski definition) is 4. The van der Waals surface area contributed by atoms with Crippen LogP contribution in [0, 0.1) is 0 Å². The normalized spacial score (nSPS) is 12.7. The molecule has 2 N–H and O–H groups in total. The molecule has 0 aliphatic heterocycles. The van der Waals surface area contributed by atoms with Gasteiger partial charge in [-0.05, 0) is 48.9 Å². The Hall–Kier alpha value is -3.12. The smallest absolute Gasteiger partial charge is 0.279 e. The average molecular weight is 407 g/mol. The molecule has 0 unspecified atom stereocenters. The molecule has 148 valence electrons. The molecule has 6 heteroatoms. The Labute approximate surface area is 173 Å². The molecule has 1 aliphatic rings. The number of hydrazine groups is 1. The summed E-state index contributed by atoms with van der Waals surface area (Å²) in [5.74, 6) is -0.0870.